The Morgan fingerprint density at radius 3 is 2.67 bits per heavy atom. The average molecular weight is 328 g/mol. The summed E-state index contributed by atoms with van der Waals surface area (Å²) >= 11 is 0. The highest BCUT2D eigenvalue weighted by Crippen LogP contribution is 2.36. The number of fused-ring (bicyclic) bond motifs is 1. The summed E-state index contributed by atoms with van der Waals surface area (Å²) in [5.74, 6) is 0.504. The van der Waals surface area contributed by atoms with Crippen molar-refractivity contribution in [2.24, 2.45) is 7.05 Å². The molecule has 0 spiro atoms. The van der Waals surface area contributed by atoms with Gasteiger partial charge in [0.1, 0.15) is 5.82 Å². The van der Waals surface area contributed by atoms with Crippen molar-refractivity contribution >= 4 is 11.7 Å². The smallest absolute Gasteiger partial charge is 0.241 e. The van der Waals surface area contributed by atoms with E-state index in [1.807, 2.05) is 49.3 Å². The summed E-state index contributed by atoms with van der Waals surface area (Å²) < 4.78 is 1.68. The first-order valence-electron chi connectivity index (χ1n) is 7.94. The summed E-state index contributed by atoms with van der Waals surface area (Å²) in [6.07, 6.45) is 1.69. The molecule has 0 N–H and O–H groups in total. The summed E-state index contributed by atoms with van der Waals surface area (Å²) in [6, 6.07) is 9.00. The van der Waals surface area contributed by atoms with E-state index in [-0.39, 0.29) is 12.5 Å². The number of likely N-dealkylation sites (N-methyl/N-ethyl adjacent to an activating group) is 1. The van der Waals surface area contributed by atoms with Crippen LogP contribution in [-0.4, -0.2) is 59.4 Å². The van der Waals surface area contributed by atoms with Crippen LogP contribution in [0.4, 0.5) is 5.82 Å². The van der Waals surface area contributed by atoms with E-state index in [4.69, 9.17) is 0 Å². The van der Waals surface area contributed by atoms with Crippen molar-refractivity contribution in [2.75, 3.05) is 38.6 Å². The maximum atomic E-state index is 12.7. The predicted molar refractivity (Wildman–Crippen MR) is 92.5 cm³/mol. The normalized spacial score (nSPS) is 18.8. The Bertz CT molecular complexity index is 713. The fraction of sp³-hybridized carbons (Fsp3) is 0.412. The van der Waals surface area contributed by atoms with Gasteiger partial charge in [-0.15, -0.1) is 0 Å². The molecule has 0 radical (unpaired) electrons. The van der Waals surface area contributed by atoms with Gasteiger partial charge in [-0.05, 0) is 19.7 Å². The van der Waals surface area contributed by atoms with Crippen molar-refractivity contribution in [1.29, 1.82) is 0 Å². The third-order valence-electron chi connectivity index (χ3n) is 4.25. The van der Waals surface area contributed by atoms with Gasteiger partial charge in [0, 0.05) is 25.7 Å². The standard InChI is InChI=1S/C17H22N5O2/c1-19(2)9-10-21-15(23)12-22(24)16(13-7-5-4-6-8-13)14-11-18-20(3)17(14)21/h4-8,11,16H,9-10,12H2,1-3H3/q-1. The minimum atomic E-state index is -0.525. The second kappa shape index (κ2) is 6.72. The van der Waals surface area contributed by atoms with Gasteiger partial charge in [-0.1, -0.05) is 30.3 Å². The van der Waals surface area contributed by atoms with Crippen LogP contribution in [0.3, 0.4) is 0 Å². The second-order valence-electron chi connectivity index (χ2n) is 6.28. The van der Waals surface area contributed by atoms with E-state index >= 15 is 0 Å². The second-order valence-corrected chi connectivity index (χ2v) is 6.28. The number of carbonyl (C=O) groups excluding carboxylic acids is 1. The van der Waals surface area contributed by atoms with E-state index < -0.39 is 6.04 Å². The van der Waals surface area contributed by atoms with Gasteiger partial charge < -0.3 is 15.2 Å². The quantitative estimate of drug-likeness (QED) is 0.844. The van der Waals surface area contributed by atoms with Crippen molar-refractivity contribution < 1.29 is 4.79 Å². The number of hydrogen-bond acceptors (Lipinski definition) is 5. The van der Waals surface area contributed by atoms with Crippen LogP contribution in [0.5, 0.6) is 0 Å². The maximum Gasteiger partial charge on any atom is 0.241 e. The van der Waals surface area contributed by atoms with E-state index in [9.17, 15) is 10.0 Å². The van der Waals surface area contributed by atoms with Crippen LogP contribution in [0.1, 0.15) is 17.2 Å². The topological polar surface area (TPSA) is 67.7 Å². The van der Waals surface area contributed by atoms with Gasteiger partial charge in [0.05, 0.1) is 18.8 Å². The highest BCUT2D eigenvalue weighted by Gasteiger charge is 2.32. The number of hydroxylamine groups is 2. The largest absolute Gasteiger partial charge is 0.784 e. The van der Waals surface area contributed by atoms with Gasteiger partial charge >= 0.3 is 0 Å². The molecule has 0 fully saturated rings. The molecule has 1 aliphatic heterocycles. The number of anilines is 1. The number of benzene rings is 1. The van der Waals surface area contributed by atoms with Crippen LogP contribution in [0, 0.1) is 5.21 Å². The molecule has 24 heavy (non-hydrogen) atoms. The summed E-state index contributed by atoms with van der Waals surface area (Å²) in [5.41, 5.74) is 1.63. The summed E-state index contributed by atoms with van der Waals surface area (Å²) in [5, 5.41) is 17.9. The molecule has 3 rings (SSSR count). The van der Waals surface area contributed by atoms with Gasteiger partial charge in [-0.2, -0.15) is 5.10 Å². The minimum absolute atomic E-state index is 0.165. The lowest BCUT2D eigenvalue weighted by molar-refractivity contribution is -0.119. The van der Waals surface area contributed by atoms with Crippen LogP contribution in [0.25, 0.3) is 0 Å². The fourth-order valence-corrected chi connectivity index (χ4v) is 3.07. The average Bonchev–Trinajstić information content (AvgIpc) is 2.85. The van der Waals surface area contributed by atoms with Crippen molar-refractivity contribution in [2.45, 2.75) is 6.04 Å². The Morgan fingerprint density at radius 2 is 2.00 bits per heavy atom. The molecular formula is C17H22N5O2-. The number of nitrogens with zero attached hydrogens (tertiary/aromatic N) is 5. The van der Waals surface area contributed by atoms with Crippen LogP contribution >= 0.6 is 0 Å². The van der Waals surface area contributed by atoms with Gasteiger partial charge in [0.2, 0.25) is 5.91 Å². The molecule has 1 aromatic heterocycles. The number of amides is 1. The zero-order chi connectivity index (χ0) is 17.3. The number of aromatic nitrogens is 2. The summed E-state index contributed by atoms with van der Waals surface area (Å²) in [4.78, 5) is 16.3. The molecule has 1 atom stereocenters. The fourth-order valence-electron chi connectivity index (χ4n) is 3.07. The van der Waals surface area contributed by atoms with Crippen molar-refractivity contribution in [3.8, 4) is 0 Å². The molecule has 0 saturated carbocycles. The van der Waals surface area contributed by atoms with Gasteiger partial charge in [0.25, 0.3) is 0 Å². The lowest BCUT2D eigenvalue weighted by Crippen LogP contribution is -2.41. The molecule has 2 aromatic rings. The Balaban J connectivity index is 2.06. The van der Waals surface area contributed by atoms with Crippen molar-refractivity contribution in [3.63, 3.8) is 0 Å². The lowest BCUT2D eigenvalue weighted by atomic mass is 10.0. The monoisotopic (exact) mass is 328 g/mol. The zero-order valence-electron chi connectivity index (χ0n) is 14.2. The van der Waals surface area contributed by atoms with Gasteiger partial charge in [-0.25, -0.2) is 0 Å². The van der Waals surface area contributed by atoms with Crippen LogP contribution < -0.4 is 4.90 Å². The number of rotatable bonds is 4. The molecule has 0 aliphatic carbocycles. The first-order valence-corrected chi connectivity index (χ1v) is 7.94. The van der Waals surface area contributed by atoms with Crippen LogP contribution in [0.2, 0.25) is 0 Å². The SMILES string of the molecule is CN(C)CCN1C(=O)CN([O-])C(c2ccccc2)c2cnn(C)c21. The van der Waals surface area contributed by atoms with E-state index in [1.54, 1.807) is 22.8 Å². The first-order chi connectivity index (χ1) is 11.5. The Morgan fingerprint density at radius 1 is 1.29 bits per heavy atom. The summed E-state index contributed by atoms with van der Waals surface area (Å²) in [6.45, 7) is 1.07. The van der Waals surface area contributed by atoms with Crippen LogP contribution in [0.15, 0.2) is 36.5 Å². The summed E-state index contributed by atoms with van der Waals surface area (Å²) in [7, 11) is 5.72. The van der Waals surface area contributed by atoms with Gasteiger partial charge in [-0.3, -0.25) is 14.4 Å². The number of hydrogen-bond donors (Lipinski definition) is 0. The van der Waals surface area contributed by atoms with Crippen molar-refractivity contribution in [3.05, 3.63) is 52.9 Å². The van der Waals surface area contributed by atoms with Gasteiger partial charge in [0.15, 0.2) is 0 Å². The minimum Gasteiger partial charge on any atom is -0.784 e. The maximum absolute atomic E-state index is 12.7. The third-order valence-corrected chi connectivity index (χ3v) is 4.25. The number of carbonyl (C=O) groups is 1. The molecule has 2 heterocycles. The Hall–Kier alpha value is -2.22. The Kier molecular flexibility index (Phi) is 4.66. The molecule has 0 bridgehead atoms. The Labute approximate surface area is 141 Å². The molecule has 128 valence electrons. The molecule has 7 heteroatoms. The van der Waals surface area contributed by atoms with Crippen LogP contribution in [-0.2, 0) is 11.8 Å². The van der Waals surface area contributed by atoms with E-state index in [0.29, 0.717) is 18.9 Å². The predicted octanol–water partition coefficient (Wildman–Crippen LogP) is 1.22. The molecule has 1 unspecified atom stereocenters. The first kappa shape index (κ1) is 16.6. The third kappa shape index (κ3) is 3.06. The van der Waals surface area contributed by atoms with E-state index in [2.05, 4.69) is 5.10 Å². The molecule has 1 aliphatic rings. The lowest BCUT2D eigenvalue weighted by Gasteiger charge is -2.34. The number of aryl methyl sites for hydroxylation is 1. The molecule has 1 amide bonds. The molecule has 1 aromatic carbocycles. The highest BCUT2D eigenvalue weighted by molar-refractivity contribution is 5.95. The van der Waals surface area contributed by atoms with E-state index in [0.717, 1.165) is 16.2 Å². The zero-order valence-corrected chi connectivity index (χ0v) is 14.2. The molecule has 0 saturated heterocycles. The molecular weight excluding hydrogens is 306 g/mol. The highest BCUT2D eigenvalue weighted by atomic mass is 16.5. The van der Waals surface area contributed by atoms with E-state index in [1.165, 1.54) is 0 Å². The van der Waals surface area contributed by atoms with Crippen molar-refractivity contribution in [1.82, 2.24) is 19.7 Å². The molecule has 7 nitrogen and oxygen atoms in total.